The second-order valence-electron chi connectivity index (χ2n) is 5.45. The fourth-order valence-electron chi connectivity index (χ4n) is 2.57. The minimum absolute atomic E-state index is 0.0615. The first-order chi connectivity index (χ1) is 11.1. The Kier molecular flexibility index (Phi) is 4.34. The minimum atomic E-state index is -0.951. The Morgan fingerprint density at radius 3 is 2.43 bits per heavy atom. The second kappa shape index (κ2) is 6.58. The molecule has 3 rings (SSSR count). The van der Waals surface area contributed by atoms with Crippen molar-refractivity contribution in [2.75, 3.05) is 11.9 Å². The second-order valence-corrected chi connectivity index (χ2v) is 5.45. The molecule has 0 spiro atoms. The van der Waals surface area contributed by atoms with E-state index in [4.69, 9.17) is 5.11 Å². The third kappa shape index (κ3) is 3.54. The summed E-state index contributed by atoms with van der Waals surface area (Å²) in [5.74, 6) is -0.503. The van der Waals surface area contributed by atoms with Crippen LogP contribution in [0.4, 0.5) is 5.82 Å². The normalized spacial score (nSPS) is 17.0. The van der Waals surface area contributed by atoms with Crippen LogP contribution < -0.4 is 10.6 Å². The topological polar surface area (TPSA) is 91.3 Å². The molecule has 1 amide bonds. The van der Waals surface area contributed by atoms with E-state index < -0.39 is 5.97 Å². The van der Waals surface area contributed by atoms with Gasteiger partial charge in [-0.3, -0.25) is 4.79 Å². The Morgan fingerprint density at radius 1 is 1.13 bits per heavy atom. The number of carbonyl (C=O) groups excluding carboxylic acids is 1. The zero-order valence-corrected chi connectivity index (χ0v) is 12.5. The van der Waals surface area contributed by atoms with Crippen LogP contribution in [0.5, 0.6) is 0 Å². The molecule has 1 aliphatic heterocycles. The van der Waals surface area contributed by atoms with Crippen LogP contribution in [-0.2, 0) is 4.79 Å². The Morgan fingerprint density at radius 2 is 1.87 bits per heavy atom. The molecule has 3 N–H and O–H groups in total. The Bertz CT molecular complexity index is 705. The molecule has 118 valence electrons. The molecule has 0 saturated carbocycles. The lowest BCUT2D eigenvalue weighted by atomic mass is 10.1. The average Bonchev–Trinajstić information content (AvgIpc) is 3.10. The van der Waals surface area contributed by atoms with E-state index in [2.05, 4.69) is 15.6 Å². The molecule has 1 fully saturated rings. The van der Waals surface area contributed by atoms with Gasteiger partial charge in [0.25, 0.3) is 0 Å². The molecule has 2 aromatic rings. The largest absolute Gasteiger partial charge is 0.478 e. The van der Waals surface area contributed by atoms with E-state index in [9.17, 15) is 9.59 Å². The van der Waals surface area contributed by atoms with Crippen LogP contribution in [0.25, 0.3) is 11.1 Å². The lowest BCUT2D eigenvalue weighted by molar-refractivity contribution is -0.117. The summed E-state index contributed by atoms with van der Waals surface area (Å²) in [6, 6.07) is 10.0. The zero-order chi connectivity index (χ0) is 16.2. The third-order valence-corrected chi connectivity index (χ3v) is 3.86. The summed E-state index contributed by atoms with van der Waals surface area (Å²) in [5, 5.41) is 14.8. The Balaban J connectivity index is 1.68. The first-order valence-electron chi connectivity index (χ1n) is 7.47. The number of nitrogens with zero attached hydrogens (tertiary/aromatic N) is 1. The maximum Gasteiger partial charge on any atom is 0.335 e. The van der Waals surface area contributed by atoms with Gasteiger partial charge >= 0.3 is 5.97 Å². The van der Waals surface area contributed by atoms with E-state index in [1.165, 1.54) is 0 Å². The third-order valence-electron chi connectivity index (χ3n) is 3.86. The number of anilines is 1. The number of amides is 1. The molecule has 0 unspecified atom stereocenters. The fraction of sp³-hybridized carbons (Fsp3) is 0.235. The smallest absolute Gasteiger partial charge is 0.335 e. The summed E-state index contributed by atoms with van der Waals surface area (Å²) in [6.07, 6.45) is 3.52. The van der Waals surface area contributed by atoms with Crippen molar-refractivity contribution in [2.24, 2.45) is 0 Å². The lowest BCUT2D eigenvalue weighted by Gasteiger charge is -2.10. The first kappa shape index (κ1) is 15.2. The van der Waals surface area contributed by atoms with Crippen LogP contribution in [0, 0.1) is 0 Å². The number of carboxylic acid groups (broad SMARTS) is 1. The number of benzene rings is 1. The molecule has 0 radical (unpaired) electrons. The van der Waals surface area contributed by atoms with Gasteiger partial charge in [0.05, 0.1) is 11.6 Å². The number of aromatic carboxylic acids is 1. The maximum atomic E-state index is 12.0. The van der Waals surface area contributed by atoms with Gasteiger partial charge in [-0.2, -0.15) is 0 Å². The van der Waals surface area contributed by atoms with Gasteiger partial charge < -0.3 is 15.7 Å². The number of pyridine rings is 1. The molecule has 1 atom stereocenters. The average molecular weight is 311 g/mol. The van der Waals surface area contributed by atoms with Crippen LogP contribution in [0.15, 0.2) is 42.6 Å². The van der Waals surface area contributed by atoms with E-state index in [1.54, 1.807) is 36.5 Å². The fourth-order valence-corrected chi connectivity index (χ4v) is 2.57. The summed E-state index contributed by atoms with van der Waals surface area (Å²) in [7, 11) is 0. The number of aromatic nitrogens is 1. The molecule has 1 aromatic carbocycles. The highest BCUT2D eigenvalue weighted by molar-refractivity contribution is 5.94. The van der Waals surface area contributed by atoms with Crippen molar-refractivity contribution in [3.05, 3.63) is 48.2 Å². The molecule has 1 aliphatic rings. The SMILES string of the molecule is O=C(O)c1ccc(-c2ccc(NC(=O)[C@H]3CCCN3)nc2)cc1. The van der Waals surface area contributed by atoms with Gasteiger partial charge in [-0.25, -0.2) is 9.78 Å². The van der Waals surface area contributed by atoms with E-state index >= 15 is 0 Å². The van der Waals surface area contributed by atoms with Gasteiger partial charge in [-0.15, -0.1) is 0 Å². The van der Waals surface area contributed by atoms with Crippen molar-refractivity contribution < 1.29 is 14.7 Å². The molecule has 2 heterocycles. The van der Waals surface area contributed by atoms with Crippen molar-refractivity contribution in [3.63, 3.8) is 0 Å². The molecule has 6 nitrogen and oxygen atoms in total. The molecular weight excluding hydrogens is 294 g/mol. The summed E-state index contributed by atoms with van der Waals surface area (Å²) in [5.41, 5.74) is 1.98. The highest BCUT2D eigenvalue weighted by Gasteiger charge is 2.22. The molecular formula is C17H17N3O3. The van der Waals surface area contributed by atoms with Crippen LogP contribution >= 0.6 is 0 Å². The van der Waals surface area contributed by atoms with Gasteiger partial charge in [0.15, 0.2) is 0 Å². The number of carboxylic acids is 1. The van der Waals surface area contributed by atoms with Gasteiger partial charge in [-0.1, -0.05) is 12.1 Å². The van der Waals surface area contributed by atoms with Crippen LogP contribution in [0.1, 0.15) is 23.2 Å². The molecule has 6 heteroatoms. The van der Waals surface area contributed by atoms with E-state index in [0.29, 0.717) is 5.82 Å². The quantitative estimate of drug-likeness (QED) is 0.804. The van der Waals surface area contributed by atoms with Gasteiger partial charge in [0, 0.05) is 11.8 Å². The molecule has 1 saturated heterocycles. The van der Waals surface area contributed by atoms with Gasteiger partial charge in [0.1, 0.15) is 5.82 Å². The minimum Gasteiger partial charge on any atom is -0.478 e. The molecule has 0 bridgehead atoms. The Hall–Kier alpha value is -2.73. The van der Waals surface area contributed by atoms with E-state index in [-0.39, 0.29) is 17.5 Å². The van der Waals surface area contributed by atoms with E-state index in [1.807, 2.05) is 6.07 Å². The van der Waals surface area contributed by atoms with Gasteiger partial charge in [0.2, 0.25) is 5.91 Å². The monoisotopic (exact) mass is 311 g/mol. The number of carbonyl (C=O) groups is 2. The zero-order valence-electron chi connectivity index (χ0n) is 12.5. The van der Waals surface area contributed by atoms with Crippen molar-refractivity contribution in [3.8, 4) is 11.1 Å². The standard InChI is InChI=1S/C17H17N3O3/c21-16(14-2-1-9-18-14)20-15-8-7-13(10-19-15)11-3-5-12(6-4-11)17(22)23/h3-8,10,14,18H,1-2,9H2,(H,22,23)(H,19,20,21)/t14-/m1/s1. The van der Waals surface area contributed by atoms with Crippen molar-refractivity contribution in [1.29, 1.82) is 0 Å². The van der Waals surface area contributed by atoms with Crippen LogP contribution in [0.2, 0.25) is 0 Å². The van der Waals surface area contributed by atoms with Crippen molar-refractivity contribution in [1.82, 2.24) is 10.3 Å². The van der Waals surface area contributed by atoms with Crippen LogP contribution in [0.3, 0.4) is 0 Å². The number of hydrogen-bond donors (Lipinski definition) is 3. The lowest BCUT2D eigenvalue weighted by Crippen LogP contribution is -2.35. The first-order valence-corrected chi connectivity index (χ1v) is 7.47. The molecule has 0 aliphatic carbocycles. The Labute approximate surface area is 133 Å². The predicted molar refractivity (Wildman–Crippen MR) is 86.3 cm³/mol. The highest BCUT2D eigenvalue weighted by atomic mass is 16.4. The summed E-state index contributed by atoms with van der Waals surface area (Å²) >= 11 is 0. The van der Waals surface area contributed by atoms with Gasteiger partial charge in [-0.05, 0) is 49.2 Å². The number of nitrogens with one attached hydrogen (secondary N) is 2. The molecule has 1 aromatic heterocycles. The predicted octanol–water partition coefficient (Wildman–Crippen LogP) is 2.14. The number of hydrogen-bond acceptors (Lipinski definition) is 4. The molecule has 23 heavy (non-hydrogen) atoms. The van der Waals surface area contributed by atoms with Crippen molar-refractivity contribution >= 4 is 17.7 Å². The summed E-state index contributed by atoms with van der Waals surface area (Å²) in [4.78, 5) is 27.1. The van der Waals surface area contributed by atoms with Crippen LogP contribution in [-0.4, -0.2) is 34.6 Å². The highest BCUT2D eigenvalue weighted by Crippen LogP contribution is 2.20. The summed E-state index contributed by atoms with van der Waals surface area (Å²) in [6.45, 7) is 0.872. The van der Waals surface area contributed by atoms with Crippen molar-refractivity contribution in [2.45, 2.75) is 18.9 Å². The van der Waals surface area contributed by atoms with E-state index in [0.717, 1.165) is 30.5 Å². The number of rotatable bonds is 4. The summed E-state index contributed by atoms with van der Waals surface area (Å²) < 4.78 is 0. The maximum absolute atomic E-state index is 12.0.